The molecule has 8 nitrogen and oxygen atoms in total. The molecule has 1 aliphatic heterocycles. The van der Waals surface area contributed by atoms with Crippen molar-refractivity contribution in [3.63, 3.8) is 0 Å². The van der Waals surface area contributed by atoms with Gasteiger partial charge in [-0.25, -0.2) is 13.8 Å². The molecule has 28 heavy (non-hydrogen) atoms. The zero-order chi connectivity index (χ0) is 19.1. The Hall–Kier alpha value is -1.91. The highest BCUT2D eigenvalue weighted by Gasteiger charge is 2.16. The first-order valence-electron chi connectivity index (χ1n) is 8.48. The van der Waals surface area contributed by atoms with E-state index in [-0.39, 0.29) is 5.56 Å². The minimum absolute atomic E-state index is 0.123. The normalized spacial score (nSPS) is 13.5. The van der Waals surface area contributed by atoms with Crippen molar-refractivity contribution in [1.82, 2.24) is 29.1 Å². The lowest BCUT2D eigenvalue weighted by molar-refractivity contribution is 0.356. The molecule has 4 aromatic rings. The predicted molar refractivity (Wildman–Crippen MR) is 117 cm³/mol. The largest absolute Gasteiger partial charge is 0.476 e. The van der Waals surface area contributed by atoms with E-state index < -0.39 is 0 Å². The van der Waals surface area contributed by atoms with Gasteiger partial charge in [-0.1, -0.05) is 11.8 Å². The number of benzene rings is 1. The van der Waals surface area contributed by atoms with Crippen molar-refractivity contribution in [1.29, 1.82) is 0 Å². The van der Waals surface area contributed by atoms with Crippen molar-refractivity contribution in [2.45, 2.75) is 22.9 Å². The topological polar surface area (TPSA) is 79.8 Å². The van der Waals surface area contributed by atoms with E-state index in [2.05, 4.69) is 37.3 Å². The van der Waals surface area contributed by atoms with E-state index in [1.165, 1.54) is 4.68 Å². The van der Waals surface area contributed by atoms with Crippen molar-refractivity contribution in [2.24, 2.45) is 0 Å². The van der Waals surface area contributed by atoms with Crippen molar-refractivity contribution in [2.75, 3.05) is 6.61 Å². The first kappa shape index (κ1) is 18.1. The predicted octanol–water partition coefficient (Wildman–Crippen LogP) is 3.17. The van der Waals surface area contributed by atoms with Gasteiger partial charge in [0, 0.05) is 22.5 Å². The molecule has 1 atom stereocenters. The Morgan fingerprint density at radius 3 is 2.96 bits per heavy atom. The quantitative estimate of drug-likeness (QED) is 0.295. The fraction of sp³-hybridized carbons (Fsp3) is 0.176. The van der Waals surface area contributed by atoms with Gasteiger partial charge in [-0.05, 0) is 40.2 Å². The SMILES string of the molecule is O=c1c2ccc(Sc3cnn(PI)c3)cc2cnn1Cc1cc2n(n1)CCO2. The molecule has 1 aromatic carbocycles. The summed E-state index contributed by atoms with van der Waals surface area (Å²) >= 11 is 3.91. The van der Waals surface area contributed by atoms with Crippen LogP contribution in [0.25, 0.3) is 10.8 Å². The van der Waals surface area contributed by atoms with E-state index in [0.29, 0.717) is 24.9 Å². The Balaban J connectivity index is 1.41. The summed E-state index contributed by atoms with van der Waals surface area (Å²) in [6, 6.07) is 7.67. The fourth-order valence-corrected chi connectivity index (χ4v) is 5.10. The molecule has 0 fully saturated rings. The third-order valence-corrected chi connectivity index (χ3v) is 7.20. The monoisotopic (exact) mass is 524 g/mol. The van der Waals surface area contributed by atoms with Crippen molar-refractivity contribution in [3.05, 3.63) is 58.9 Å². The smallest absolute Gasteiger partial charge is 0.274 e. The second-order valence-corrected chi connectivity index (χ2v) is 9.43. The van der Waals surface area contributed by atoms with Crippen LogP contribution in [0.3, 0.4) is 0 Å². The van der Waals surface area contributed by atoms with E-state index >= 15 is 0 Å². The molecule has 0 amide bonds. The van der Waals surface area contributed by atoms with Gasteiger partial charge >= 0.3 is 0 Å². The fourth-order valence-electron chi connectivity index (χ4n) is 3.08. The van der Waals surface area contributed by atoms with Gasteiger partial charge in [-0.15, -0.1) is 0 Å². The van der Waals surface area contributed by atoms with Crippen LogP contribution in [0.4, 0.5) is 0 Å². The van der Waals surface area contributed by atoms with Crippen molar-refractivity contribution in [3.8, 4) is 5.88 Å². The second-order valence-electron chi connectivity index (χ2n) is 6.21. The number of halogens is 1. The Bertz CT molecular complexity index is 1210. The Kier molecular flexibility index (Phi) is 4.85. The summed E-state index contributed by atoms with van der Waals surface area (Å²) in [5.41, 5.74) is 0.644. The number of hydrogen-bond acceptors (Lipinski definition) is 6. The number of hydrogen-bond donors (Lipinski definition) is 0. The molecule has 0 N–H and O–H groups in total. The first-order chi connectivity index (χ1) is 13.7. The maximum Gasteiger partial charge on any atom is 0.274 e. The van der Waals surface area contributed by atoms with Crippen LogP contribution < -0.4 is 10.3 Å². The van der Waals surface area contributed by atoms with E-state index in [1.54, 1.807) is 18.0 Å². The maximum absolute atomic E-state index is 12.8. The minimum atomic E-state index is -0.123. The Labute approximate surface area is 178 Å². The Morgan fingerprint density at radius 1 is 1.21 bits per heavy atom. The van der Waals surface area contributed by atoms with Crippen LogP contribution in [0.2, 0.25) is 0 Å². The van der Waals surface area contributed by atoms with E-state index in [4.69, 9.17) is 4.74 Å². The lowest BCUT2D eigenvalue weighted by atomic mass is 10.2. The Morgan fingerprint density at radius 2 is 2.14 bits per heavy atom. The maximum atomic E-state index is 12.8. The standard InChI is InChI=1S/C17H14IN6O2PS/c18-27-24-10-14(8-20-24)28-13-1-2-15-11(5-13)7-19-23(17(15)25)9-12-6-16-22(21-12)3-4-26-16/h1-2,5-8,10,27H,3-4,9H2. The second kappa shape index (κ2) is 7.49. The third kappa shape index (κ3) is 3.44. The number of fused-ring (bicyclic) bond motifs is 2. The molecule has 0 saturated carbocycles. The molecule has 142 valence electrons. The summed E-state index contributed by atoms with van der Waals surface area (Å²) in [5.74, 6) is 0.747. The van der Waals surface area contributed by atoms with Crippen molar-refractivity contribution >= 4 is 50.9 Å². The zero-order valence-corrected chi connectivity index (χ0v) is 18.4. The van der Waals surface area contributed by atoms with Gasteiger partial charge in [0.05, 0.1) is 47.8 Å². The molecule has 0 spiro atoms. The summed E-state index contributed by atoms with van der Waals surface area (Å²) in [6.45, 7) is 1.72. The molecular formula is C17H14IN6O2PS. The molecule has 0 radical (unpaired) electrons. The summed E-state index contributed by atoms with van der Waals surface area (Å²) in [5, 5.41) is 14.6. The van der Waals surface area contributed by atoms with Gasteiger partial charge in [-0.2, -0.15) is 15.3 Å². The van der Waals surface area contributed by atoms with Gasteiger partial charge in [0.1, 0.15) is 6.61 Å². The van der Waals surface area contributed by atoms with Crippen LogP contribution in [0.15, 0.2) is 57.4 Å². The summed E-state index contributed by atoms with van der Waals surface area (Å²) < 4.78 is 10.6. The molecule has 1 aliphatic rings. The lowest BCUT2D eigenvalue weighted by Crippen LogP contribution is -2.23. The number of rotatable bonds is 5. The van der Waals surface area contributed by atoms with Gasteiger partial charge in [0.15, 0.2) is 0 Å². The van der Waals surface area contributed by atoms with Gasteiger partial charge in [-0.3, -0.25) is 4.79 Å². The van der Waals surface area contributed by atoms with Crippen LogP contribution in [-0.4, -0.2) is 35.7 Å². The molecule has 0 saturated heterocycles. The molecule has 4 heterocycles. The highest BCUT2D eigenvalue weighted by molar-refractivity contribution is 14.2. The average Bonchev–Trinajstić information content (AvgIpc) is 3.40. The number of ether oxygens (including phenoxy) is 1. The highest BCUT2D eigenvalue weighted by atomic mass is 127. The number of nitrogens with zero attached hydrogens (tertiary/aromatic N) is 6. The average molecular weight is 524 g/mol. The molecule has 0 aliphatic carbocycles. The first-order valence-corrected chi connectivity index (χ1v) is 13.4. The van der Waals surface area contributed by atoms with Crippen LogP contribution in [0, 0.1) is 0 Å². The van der Waals surface area contributed by atoms with Crippen molar-refractivity contribution < 1.29 is 4.74 Å². The highest BCUT2D eigenvalue weighted by Crippen LogP contribution is 2.31. The molecular weight excluding hydrogens is 510 g/mol. The van der Waals surface area contributed by atoms with Gasteiger partial charge in [0.25, 0.3) is 5.56 Å². The lowest BCUT2D eigenvalue weighted by Gasteiger charge is -2.06. The summed E-state index contributed by atoms with van der Waals surface area (Å²) in [4.78, 5) is 15.0. The molecule has 1 unspecified atom stereocenters. The summed E-state index contributed by atoms with van der Waals surface area (Å²) in [7, 11) is 0. The molecule has 5 rings (SSSR count). The van der Waals surface area contributed by atoms with E-state index in [1.807, 2.05) is 45.8 Å². The van der Waals surface area contributed by atoms with Crippen LogP contribution in [0.1, 0.15) is 5.69 Å². The molecule has 11 heteroatoms. The van der Waals surface area contributed by atoms with E-state index in [9.17, 15) is 4.79 Å². The van der Waals surface area contributed by atoms with Gasteiger partial charge in [0.2, 0.25) is 5.88 Å². The van der Waals surface area contributed by atoms with Crippen LogP contribution in [0.5, 0.6) is 5.88 Å². The van der Waals surface area contributed by atoms with E-state index in [0.717, 1.165) is 33.3 Å². The van der Waals surface area contributed by atoms with Crippen LogP contribution in [-0.2, 0) is 13.1 Å². The third-order valence-electron chi connectivity index (χ3n) is 4.36. The number of aromatic nitrogens is 6. The molecule has 0 bridgehead atoms. The zero-order valence-electron chi connectivity index (χ0n) is 14.4. The van der Waals surface area contributed by atoms with Gasteiger partial charge < -0.3 is 4.74 Å². The molecule has 3 aromatic heterocycles. The van der Waals surface area contributed by atoms with Crippen LogP contribution >= 0.6 is 40.2 Å². The minimum Gasteiger partial charge on any atom is -0.476 e. The summed E-state index contributed by atoms with van der Waals surface area (Å²) in [6.07, 6.45) is 6.18.